The maximum Gasteiger partial charge on any atom is 0.255 e. The van der Waals surface area contributed by atoms with Gasteiger partial charge in [-0.15, -0.1) is 0 Å². The molecule has 104 valence electrons. The first-order valence-corrected chi connectivity index (χ1v) is 6.84. The van der Waals surface area contributed by atoms with Gasteiger partial charge in [-0.2, -0.15) is 0 Å². The number of carbonyl (C=O) groups is 1. The summed E-state index contributed by atoms with van der Waals surface area (Å²) in [6.07, 6.45) is 3.91. The average molecular weight is 276 g/mol. The van der Waals surface area contributed by atoms with E-state index in [0.717, 1.165) is 16.9 Å². The van der Waals surface area contributed by atoms with Gasteiger partial charge in [0.1, 0.15) is 0 Å². The molecule has 1 N–H and O–H groups in total. The predicted octanol–water partition coefficient (Wildman–Crippen LogP) is 4.04. The van der Waals surface area contributed by atoms with Crippen molar-refractivity contribution in [3.8, 4) is 5.69 Å². The van der Waals surface area contributed by atoms with E-state index in [1.54, 1.807) is 0 Å². The van der Waals surface area contributed by atoms with E-state index in [0.29, 0.717) is 5.56 Å². The minimum absolute atomic E-state index is 0.102. The second kappa shape index (κ2) is 5.67. The van der Waals surface area contributed by atoms with Crippen molar-refractivity contribution in [1.29, 1.82) is 0 Å². The molecule has 0 radical (unpaired) electrons. The third kappa shape index (κ3) is 2.87. The standard InChI is InChI=1S/C18H16N2O/c1-14-8-10-15(11-9-14)18(21)19-16-6-2-3-7-17(16)20-12-4-5-13-20/h2-13H,1H3,(H,19,21). The Morgan fingerprint density at radius 2 is 1.57 bits per heavy atom. The third-order valence-electron chi connectivity index (χ3n) is 3.35. The Labute approximate surface area is 123 Å². The van der Waals surface area contributed by atoms with Crippen LogP contribution in [0.1, 0.15) is 15.9 Å². The van der Waals surface area contributed by atoms with Crippen LogP contribution >= 0.6 is 0 Å². The van der Waals surface area contributed by atoms with Crippen LogP contribution in [0.15, 0.2) is 73.1 Å². The molecule has 1 amide bonds. The minimum Gasteiger partial charge on any atom is -0.322 e. The molecule has 0 aliphatic rings. The molecule has 3 heteroatoms. The number of nitrogens with zero attached hydrogens (tertiary/aromatic N) is 1. The molecule has 0 spiro atoms. The molecule has 3 aromatic rings. The number of aryl methyl sites for hydroxylation is 1. The lowest BCUT2D eigenvalue weighted by molar-refractivity contribution is 0.102. The number of amides is 1. The maximum atomic E-state index is 12.3. The number of anilines is 1. The topological polar surface area (TPSA) is 34.0 Å². The summed E-state index contributed by atoms with van der Waals surface area (Å²) in [5.74, 6) is -0.102. The lowest BCUT2D eigenvalue weighted by Gasteiger charge is -2.12. The number of hydrogen-bond acceptors (Lipinski definition) is 1. The molecule has 0 fully saturated rings. The van der Waals surface area contributed by atoms with Crippen molar-refractivity contribution in [3.05, 3.63) is 84.2 Å². The van der Waals surface area contributed by atoms with Crippen LogP contribution in [0, 0.1) is 6.92 Å². The van der Waals surface area contributed by atoms with Crippen molar-refractivity contribution in [3.63, 3.8) is 0 Å². The van der Waals surface area contributed by atoms with Gasteiger partial charge in [0.2, 0.25) is 0 Å². The van der Waals surface area contributed by atoms with Gasteiger partial charge in [0, 0.05) is 18.0 Å². The van der Waals surface area contributed by atoms with E-state index in [9.17, 15) is 4.79 Å². The molecule has 0 bridgehead atoms. The van der Waals surface area contributed by atoms with Crippen LogP contribution in [0.25, 0.3) is 5.69 Å². The van der Waals surface area contributed by atoms with E-state index in [-0.39, 0.29) is 5.91 Å². The van der Waals surface area contributed by atoms with E-state index < -0.39 is 0 Å². The zero-order chi connectivity index (χ0) is 14.7. The lowest BCUT2D eigenvalue weighted by atomic mass is 10.1. The normalized spacial score (nSPS) is 10.3. The summed E-state index contributed by atoms with van der Waals surface area (Å²) in [5.41, 5.74) is 3.53. The van der Waals surface area contributed by atoms with Crippen LogP contribution in [0.4, 0.5) is 5.69 Å². The Morgan fingerprint density at radius 3 is 2.29 bits per heavy atom. The van der Waals surface area contributed by atoms with Crippen LogP contribution in [0.3, 0.4) is 0 Å². The van der Waals surface area contributed by atoms with Gasteiger partial charge in [-0.05, 0) is 43.3 Å². The highest BCUT2D eigenvalue weighted by Crippen LogP contribution is 2.20. The van der Waals surface area contributed by atoms with E-state index in [1.807, 2.05) is 84.5 Å². The highest BCUT2D eigenvalue weighted by Gasteiger charge is 2.09. The number of carbonyl (C=O) groups excluding carboxylic acids is 1. The average Bonchev–Trinajstić information content (AvgIpc) is 3.02. The SMILES string of the molecule is Cc1ccc(C(=O)Nc2ccccc2-n2cccc2)cc1. The zero-order valence-corrected chi connectivity index (χ0v) is 11.8. The Balaban J connectivity index is 1.88. The monoisotopic (exact) mass is 276 g/mol. The molecule has 0 aliphatic carbocycles. The first-order chi connectivity index (χ1) is 10.2. The smallest absolute Gasteiger partial charge is 0.255 e. The van der Waals surface area contributed by atoms with Gasteiger partial charge in [0.15, 0.2) is 0 Å². The molecule has 3 nitrogen and oxygen atoms in total. The fourth-order valence-electron chi connectivity index (χ4n) is 2.20. The van der Waals surface area contributed by atoms with Crippen LogP contribution < -0.4 is 5.32 Å². The van der Waals surface area contributed by atoms with Gasteiger partial charge < -0.3 is 9.88 Å². The summed E-state index contributed by atoms with van der Waals surface area (Å²) in [6, 6.07) is 19.2. The summed E-state index contributed by atoms with van der Waals surface area (Å²) in [4.78, 5) is 12.3. The van der Waals surface area contributed by atoms with Gasteiger partial charge >= 0.3 is 0 Å². The molecule has 21 heavy (non-hydrogen) atoms. The fraction of sp³-hybridized carbons (Fsp3) is 0.0556. The van der Waals surface area contributed by atoms with Crippen molar-refractivity contribution in [2.75, 3.05) is 5.32 Å². The Bertz CT molecular complexity index is 743. The molecule has 1 heterocycles. The molecular weight excluding hydrogens is 260 g/mol. The number of para-hydroxylation sites is 2. The third-order valence-corrected chi connectivity index (χ3v) is 3.35. The lowest BCUT2D eigenvalue weighted by Crippen LogP contribution is -2.13. The molecule has 3 rings (SSSR count). The molecule has 0 unspecified atom stereocenters. The highest BCUT2D eigenvalue weighted by molar-refractivity contribution is 6.05. The van der Waals surface area contributed by atoms with Gasteiger partial charge in [0.05, 0.1) is 11.4 Å². The number of rotatable bonds is 3. The first kappa shape index (κ1) is 13.2. The Morgan fingerprint density at radius 1 is 0.905 bits per heavy atom. The van der Waals surface area contributed by atoms with Gasteiger partial charge in [-0.25, -0.2) is 0 Å². The summed E-state index contributed by atoms with van der Waals surface area (Å²) in [7, 11) is 0. The molecular formula is C18H16N2O. The highest BCUT2D eigenvalue weighted by atomic mass is 16.1. The Hall–Kier alpha value is -2.81. The Kier molecular flexibility index (Phi) is 3.56. The van der Waals surface area contributed by atoms with Crippen molar-refractivity contribution < 1.29 is 4.79 Å². The molecule has 0 saturated heterocycles. The first-order valence-electron chi connectivity index (χ1n) is 6.84. The summed E-state index contributed by atoms with van der Waals surface area (Å²) >= 11 is 0. The van der Waals surface area contributed by atoms with Gasteiger partial charge in [0.25, 0.3) is 5.91 Å². The van der Waals surface area contributed by atoms with E-state index >= 15 is 0 Å². The van der Waals surface area contributed by atoms with E-state index in [1.165, 1.54) is 0 Å². The second-order valence-electron chi connectivity index (χ2n) is 4.93. The number of nitrogens with one attached hydrogen (secondary N) is 1. The van der Waals surface area contributed by atoms with Gasteiger partial charge in [-0.1, -0.05) is 29.8 Å². The molecule has 0 atom stereocenters. The predicted molar refractivity (Wildman–Crippen MR) is 84.9 cm³/mol. The van der Waals surface area contributed by atoms with Crippen LogP contribution in [0.5, 0.6) is 0 Å². The van der Waals surface area contributed by atoms with Gasteiger partial charge in [-0.3, -0.25) is 4.79 Å². The summed E-state index contributed by atoms with van der Waals surface area (Å²) < 4.78 is 1.98. The quantitative estimate of drug-likeness (QED) is 0.769. The van der Waals surface area contributed by atoms with E-state index in [4.69, 9.17) is 0 Å². The van der Waals surface area contributed by atoms with E-state index in [2.05, 4.69) is 5.32 Å². The van der Waals surface area contributed by atoms with Crippen molar-refractivity contribution in [1.82, 2.24) is 4.57 Å². The summed E-state index contributed by atoms with van der Waals surface area (Å²) in [6.45, 7) is 2.00. The minimum atomic E-state index is -0.102. The van der Waals surface area contributed by atoms with Crippen LogP contribution in [-0.2, 0) is 0 Å². The molecule has 2 aromatic carbocycles. The number of aromatic nitrogens is 1. The zero-order valence-electron chi connectivity index (χ0n) is 11.8. The second-order valence-corrected chi connectivity index (χ2v) is 4.93. The van der Waals surface area contributed by atoms with Crippen LogP contribution in [0.2, 0.25) is 0 Å². The maximum absolute atomic E-state index is 12.3. The van der Waals surface area contributed by atoms with Crippen molar-refractivity contribution in [2.45, 2.75) is 6.92 Å². The van der Waals surface area contributed by atoms with Crippen LogP contribution in [-0.4, -0.2) is 10.5 Å². The summed E-state index contributed by atoms with van der Waals surface area (Å²) in [5, 5.41) is 2.97. The number of hydrogen-bond donors (Lipinski definition) is 1. The van der Waals surface area contributed by atoms with Crippen molar-refractivity contribution >= 4 is 11.6 Å². The number of benzene rings is 2. The largest absolute Gasteiger partial charge is 0.322 e. The van der Waals surface area contributed by atoms with Crippen molar-refractivity contribution in [2.24, 2.45) is 0 Å². The molecule has 0 aliphatic heterocycles. The fourth-order valence-corrected chi connectivity index (χ4v) is 2.20. The molecule has 1 aromatic heterocycles. The molecule has 0 saturated carbocycles.